The monoisotopic (exact) mass is 304 g/mol. The molecule has 5 heteroatoms. The molecule has 0 aliphatic heterocycles. The highest BCUT2D eigenvalue weighted by Gasteiger charge is 2.02. The Morgan fingerprint density at radius 2 is 2.05 bits per heavy atom. The van der Waals surface area contributed by atoms with Crippen molar-refractivity contribution in [3.8, 4) is 0 Å². The first-order valence-electron chi connectivity index (χ1n) is 6.32. The van der Waals surface area contributed by atoms with Crippen LogP contribution in [0.15, 0.2) is 47.3 Å². The van der Waals surface area contributed by atoms with Gasteiger partial charge in [0.25, 0.3) is 5.56 Å². The van der Waals surface area contributed by atoms with Gasteiger partial charge in [-0.3, -0.25) is 4.79 Å². The second kappa shape index (κ2) is 5.69. The van der Waals surface area contributed by atoms with Crippen LogP contribution in [0.25, 0.3) is 10.8 Å². The van der Waals surface area contributed by atoms with Crippen LogP contribution in [0.4, 0.5) is 5.82 Å². The molecular formula is C15H13ClN2OS. The molecule has 0 spiro atoms. The lowest BCUT2D eigenvalue weighted by Crippen LogP contribution is -2.12. The van der Waals surface area contributed by atoms with Gasteiger partial charge in [0, 0.05) is 16.8 Å². The van der Waals surface area contributed by atoms with Crippen molar-refractivity contribution in [2.45, 2.75) is 6.42 Å². The van der Waals surface area contributed by atoms with Crippen molar-refractivity contribution in [1.29, 1.82) is 0 Å². The minimum atomic E-state index is -0.0650. The number of halogens is 1. The zero-order valence-corrected chi connectivity index (χ0v) is 12.2. The van der Waals surface area contributed by atoms with E-state index in [0.29, 0.717) is 5.39 Å². The van der Waals surface area contributed by atoms with Crippen LogP contribution in [0.1, 0.15) is 4.88 Å². The lowest BCUT2D eigenvalue weighted by atomic mass is 10.2. The van der Waals surface area contributed by atoms with E-state index in [1.807, 2.05) is 42.5 Å². The van der Waals surface area contributed by atoms with Gasteiger partial charge in [-0.1, -0.05) is 29.8 Å². The molecule has 3 rings (SSSR count). The minimum Gasteiger partial charge on any atom is -0.371 e. The van der Waals surface area contributed by atoms with Crippen molar-refractivity contribution in [3.63, 3.8) is 0 Å². The van der Waals surface area contributed by atoms with E-state index in [0.717, 1.165) is 28.5 Å². The number of thiophene rings is 1. The average molecular weight is 305 g/mol. The van der Waals surface area contributed by atoms with Crippen LogP contribution in [0.5, 0.6) is 0 Å². The van der Waals surface area contributed by atoms with Gasteiger partial charge < -0.3 is 10.3 Å². The molecule has 0 saturated carbocycles. The van der Waals surface area contributed by atoms with E-state index in [2.05, 4.69) is 10.3 Å². The molecular weight excluding hydrogens is 292 g/mol. The molecule has 0 radical (unpaired) electrons. The van der Waals surface area contributed by atoms with E-state index in [9.17, 15) is 4.79 Å². The van der Waals surface area contributed by atoms with Gasteiger partial charge in [-0.05, 0) is 36.1 Å². The van der Waals surface area contributed by atoms with Crippen molar-refractivity contribution < 1.29 is 0 Å². The van der Waals surface area contributed by atoms with Crippen molar-refractivity contribution in [3.05, 3.63) is 62.0 Å². The first-order valence-corrected chi connectivity index (χ1v) is 7.52. The number of anilines is 1. The van der Waals surface area contributed by atoms with Gasteiger partial charge >= 0.3 is 0 Å². The fourth-order valence-electron chi connectivity index (χ4n) is 2.11. The van der Waals surface area contributed by atoms with Crippen LogP contribution in [0.2, 0.25) is 4.34 Å². The second-order valence-electron chi connectivity index (χ2n) is 4.48. The fourth-order valence-corrected chi connectivity index (χ4v) is 3.20. The maximum absolute atomic E-state index is 11.9. The second-order valence-corrected chi connectivity index (χ2v) is 6.28. The third-order valence-corrected chi connectivity index (χ3v) is 4.36. The van der Waals surface area contributed by atoms with Crippen LogP contribution < -0.4 is 10.9 Å². The summed E-state index contributed by atoms with van der Waals surface area (Å²) in [5.41, 5.74) is -0.0650. The van der Waals surface area contributed by atoms with E-state index >= 15 is 0 Å². The zero-order chi connectivity index (χ0) is 13.9. The molecule has 0 amide bonds. The molecule has 102 valence electrons. The summed E-state index contributed by atoms with van der Waals surface area (Å²) in [6.45, 7) is 0.755. The molecule has 0 saturated heterocycles. The maximum Gasteiger partial charge on any atom is 0.257 e. The molecule has 2 heterocycles. The van der Waals surface area contributed by atoms with E-state index in [-0.39, 0.29) is 5.56 Å². The molecule has 0 bridgehead atoms. The van der Waals surface area contributed by atoms with Gasteiger partial charge in [0.05, 0.1) is 4.34 Å². The number of benzene rings is 1. The standard InChI is InChI=1S/C15H13ClN2OS/c16-13-6-5-11(20-13)7-8-17-14-9-10-3-1-2-4-12(10)15(19)18-14/h1-6,9H,7-8H2,(H2,17,18,19). The molecule has 2 N–H and O–H groups in total. The van der Waals surface area contributed by atoms with Gasteiger partial charge in [-0.25, -0.2) is 0 Å². The van der Waals surface area contributed by atoms with E-state index < -0.39 is 0 Å². The largest absolute Gasteiger partial charge is 0.371 e. The fraction of sp³-hybridized carbons (Fsp3) is 0.133. The Labute approximate surface area is 125 Å². The molecule has 0 fully saturated rings. The summed E-state index contributed by atoms with van der Waals surface area (Å²) in [5, 5.41) is 4.90. The molecule has 3 nitrogen and oxygen atoms in total. The highest BCUT2D eigenvalue weighted by Crippen LogP contribution is 2.21. The Bertz CT molecular complexity index is 794. The van der Waals surface area contributed by atoms with Gasteiger partial charge in [0.2, 0.25) is 0 Å². The smallest absolute Gasteiger partial charge is 0.257 e. The van der Waals surface area contributed by atoms with Gasteiger partial charge in [-0.2, -0.15) is 0 Å². The van der Waals surface area contributed by atoms with Crippen LogP contribution in [0, 0.1) is 0 Å². The third kappa shape index (κ3) is 2.86. The molecule has 0 unspecified atom stereocenters. The van der Waals surface area contributed by atoms with Crippen LogP contribution in [0.3, 0.4) is 0 Å². The molecule has 20 heavy (non-hydrogen) atoms. The highest BCUT2D eigenvalue weighted by molar-refractivity contribution is 7.16. The van der Waals surface area contributed by atoms with Crippen LogP contribution in [-0.4, -0.2) is 11.5 Å². The van der Waals surface area contributed by atoms with Gasteiger partial charge in [0.15, 0.2) is 0 Å². The Morgan fingerprint density at radius 3 is 2.85 bits per heavy atom. The molecule has 1 aromatic carbocycles. The lowest BCUT2D eigenvalue weighted by molar-refractivity contribution is 1.03. The Kier molecular flexibility index (Phi) is 3.76. The number of rotatable bonds is 4. The number of fused-ring (bicyclic) bond motifs is 1. The van der Waals surface area contributed by atoms with E-state index in [4.69, 9.17) is 11.6 Å². The van der Waals surface area contributed by atoms with Gasteiger partial charge in [-0.15, -0.1) is 11.3 Å². The van der Waals surface area contributed by atoms with Crippen molar-refractivity contribution >= 4 is 39.5 Å². The number of hydrogen-bond acceptors (Lipinski definition) is 3. The quantitative estimate of drug-likeness (QED) is 0.768. The number of pyridine rings is 1. The van der Waals surface area contributed by atoms with Crippen LogP contribution in [-0.2, 0) is 6.42 Å². The normalized spacial score (nSPS) is 10.8. The van der Waals surface area contributed by atoms with Crippen LogP contribution >= 0.6 is 22.9 Å². The lowest BCUT2D eigenvalue weighted by Gasteiger charge is -2.06. The summed E-state index contributed by atoms with van der Waals surface area (Å²) in [5.74, 6) is 0.747. The summed E-state index contributed by atoms with van der Waals surface area (Å²) in [4.78, 5) is 16.0. The van der Waals surface area contributed by atoms with Crippen molar-refractivity contribution in [1.82, 2.24) is 4.98 Å². The first kappa shape index (κ1) is 13.2. The van der Waals surface area contributed by atoms with Crippen molar-refractivity contribution in [2.75, 3.05) is 11.9 Å². The minimum absolute atomic E-state index is 0.0650. The number of nitrogens with one attached hydrogen (secondary N) is 2. The number of H-pyrrole nitrogens is 1. The summed E-state index contributed by atoms with van der Waals surface area (Å²) < 4.78 is 0.805. The molecule has 0 aliphatic carbocycles. The predicted molar refractivity (Wildman–Crippen MR) is 86.1 cm³/mol. The molecule has 0 atom stereocenters. The zero-order valence-electron chi connectivity index (χ0n) is 10.7. The van der Waals surface area contributed by atoms with E-state index in [1.54, 1.807) is 11.3 Å². The molecule has 0 aliphatic rings. The molecule has 3 aromatic rings. The predicted octanol–water partition coefficient (Wildman–Crippen LogP) is 3.90. The number of aromatic amines is 1. The number of hydrogen-bond donors (Lipinski definition) is 2. The topological polar surface area (TPSA) is 44.9 Å². The SMILES string of the molecule is O=c1[nH]c(NCCc2ccc(Cl)s2)cc2ccccc12. The summed E-state index contributed by atoms with van der Waals surface area (Å²) in [7, 11) is 0. The summed E-state index contributed by atoms with van der Waals surface area (Å²) in [6, 6.07) is 13.4. The Balaban J connectivity index is 1.73. The number of aromatic nitrogens is 1. The third-order valence-electron chi connectivity index (χ3n) is 3.07. The Morgan fingerprint density at radius 1 is 1.20 bits per heavy atom. The van der Waals surface area contributed by atoms with E-state index in [1.165, 1.54) is 4.88 Å². The summed E-state index contributed by atoms with van der Waals surface area (Å²) in [6.07, 6.45) is 0.881. The summed E-state index contributed by atoms with van der Waals surface area (Å²) >= 11 is 7.48. The van der Waals surface area contributed by atoms with Crippen molar-refractivity contribution in [2.24, 2.45) is 0 Å². The maximum atomic E-state index is 11.9. The van der Waals surface area contributed by atoms with Gasteiger partial charge in [0.1, 0.15) is 5.82 Å². The average Bonchev–Trinajstić information content (AvgIpc) is 2.85. The molecule has 2 aromatic heterocycles. The highest BCUT2D eigenvalue weighted by atomic mass is 35.5. The Hall–Kier alpha value is -1.78. The first-order chi connectivity index (χ1) is 9.72.